The van der Waals surface area contributed by atoms with E-state index in [1.165, 1.54) is 29.2 Å². The molecule has 11 heteroatoms. The lowest BCUT2D eigenvalue weighted by Gasteiger charge is -2.34. The fourth-order valence-corrected chi connectivity index (χ4v) is 6.05. The lowest BCUT2D eigenvalue weighted by Crippen LogP contribution is -2.54. The Morgan fingerprint density at radius 3 is 2.10 bits per heavy atom. The quantitative estimate of drug-likeness (QED) is 0.295. The number of aryl methyl sites for hydroxylation is 1. The van der Waals surface area contributed by atoms with Crippen molar-refractivity contribution in [3.63, 3.8) is 0 Å². The van der Waals surface area contributed by atoms with Crippen molar-refractivity contribution in [2.75, 3.05) is 10.8 Å². The average molecular weight is 625 g/mol. The standard InChI is InChI=1S/C29H32Cl3N3O4S/c1-19-8-6-7-9-26(19)35(40(38,39)24-14-12-22(30)13-15-24)18-27(36)34(20(2)28(37)33-29(3,4)5)17-21-10-11-23(31)16-25(21)32/h6-16,20H,17-18H2,1-5H3,(H,33,37)/t20-/m1/s1. The van der Waals surface area contributed by atoms with Gasteiger partial charge in [0.15, 0.2) is 0 Å². The predicted octanol–water partition coefficient (Wildman–Crippen LogP) is 6.48. The van der Waals surface area contributed by atoms with Crippen LogP contribution in [0, 0.1) is 6.92 Å². The maximum atomic E-state index is 14.0. The largest absolute Gasteiger partial charge is 0.350 e. The topological polar surface area (TPSA) is 86.8 Å². The van der Waals surface area contributed by atoms with Crippen molar-refractivity contribution >= 4 is 62.3 Å². The average Bonchev–Trinajstić information content (AvgIpc) is 2.86. The van der Waals surface area contributed by atoms with Crippen LogP contribution >= 0.6 is 34.8 Å². The van der Waals surface area contributed by atoms with Crippen molar-refractivity contribution in [3.05, 3.63) is 92.9 Å². The van der Waals surface area contributed by atoms with E-state index in [1.54, 1.807) is 56.3 Å². The van der Waals surface area contributed by atoms with Gasteiger partial charge in [-0.05, 0) is 88.2 Å². The molecule has 1 N–H and O–H groups in total. The van der Waals surface area contributed by atoms with Crippen LogP contribution in [-0.4, -0.2) is 43.3 Å². The number of benzene rings is 3. The molecule has 0 aliphatic heterocycles. The monoisotopic (exact) mass is 623 g/mol. The first-order valence-corrected chi connectivity index (χ1v) is 15.1. The summed E-state index contributed by atoms with van der Waals surface area (Å²) >= 11 is 18.5. The first-order valence-electron chi connectivity index (χ1n) is 12.5. The molecule has 3 aromatic carbocycles. The summed E-state index contributed by atoms with van der Waals surface area (Å²) in [4.78, 5) is 28.5. The predicted molar refractivity (Wildman–Crippen MR) is 162 cm³/mol. The number of rotatable bonds is 9. The molecule has 0 spiro atoms. The third-order valence-electron chi connectivity index (χ3n) is 6.09. The van der Waals surface area contributed by atoms with E-state index in [2.05, 4.69) is 5.32 Å². The Hall–Kier alpha value is -2.78. The lowest BCUT2D eigenvalue weighted by atomic mass is 10.1. The molecule has 0 saturated carbocycles. The molecule has 0 fully saturated rings. The molecule has 40 heavy (non-hydrogen) atoms. The second-order valence-corrected chi connectivity index (χ2v) is 13.6. The third kappa shape index (κ3) is 7.91. The summed E-state index contributed by atoms with van der Waals surface area (Å²) < 4.78 is 28.8. The minimum absolute atomic E-state index is 0.0289. The maximum absolute atomic E-state index is 14.0. The summed E-state index contributed by atoms with van der Waals surface area (Å²) in [6, 6.07) is 16.5. The van der Waals surface area contributed by atoms with E-state index in [0.29, 0.717) is 31.9 Å². The van der Waals surface area contributed by atoms with Gasteiger partial charge < -0.3 is 10.2 Å². The second kappa shape index (κ2) is 12.8. The van der Waals surface area contributed by atoms with Crippen molar-refractivity contribution < 1.29 is 18.0 Å². The molecule has 7 nitrogen and oxygen atoms in total. The molecular formula is C29H32Cl3N3O4S. The summed E-state index contributed by atoms with van der Waals surface area (Å²) in [5.74, 6) is -0.989. The zero-order valence-corrected chi connectivity index (χ0v) is 26.0. The molecule has 0 bridgehead atoms. The number of sulfonamides is 1. The SMILES string of the molecule is Cc1ccccc1N(CC(=O)N(Cc1ccc(Cl)cc1Cl)[C@H](C)C(=O)NC(C)(C)C)S(=O)(=O)c1ccc(Cl)cc1. The van der Waals surface area contributed by atoms with Gasteiger partial charge in [-0.3, -0.25) is 13.9 Å². The van der Waals surface area contributed by atoms with Gasteiger partial charge in [0.1, 0.15) is 12.6 Å². The molecule has 0 aliphatic rings. The van der Waals surface area contributed by atoms with E-state index in [1.807, 2.05) is 20.8 Å². The van der Waals surface area contributed by atoms with Gasteiger partial charge in [-0.25, -0.2) is 8.42 Å². The Morgan fingerprint density at radius 1 is 0.925 bits per heavy atom. The van der Waals surface area contributed by atoms with Crippen molar-refractivity contribution in [2.24, 2.45) is 0 Å². The van der Waals surface area contributed by atoms with Crippen LogP contribution in [-0.2, 0) is 26.2 Å². The van der Waals surface area contributed by atoms with Crippen LogP contribution in [0.15, 0.2) is 71.6 Å². The smallest absolute Gasteiger partial charge is 0.264 e. The minimum Gasteiger partial charge on any atom is -0.350 e. The van der Waals surface area contributed by atoms with Crippen LogP contribution in [0.5, 0.6) is 0 Å². The first kappa shape index (κ1) is 31.7. The summed E-state index contributed by atoms with van der Waals surface area (Å²) in [5, 5.41) is 4.00. The van der Waals surface area contributed by atoms with Crippen LogP contribution in [0.4, 0.5) is 5.69 Å². The summed E-state index contributed by atoms with van der Waals surface area (Å²) in [6.07, 6.45) is 0. The highest BCUT2D eigenvalue weighted by Gasteiger charge is 2.34. The molecule has 0 aliphatic carbocycles. The van der Waals surface area contributed by atoms with Gasteiger partial charge in [-0.2, -0.15) is 0 Å². The molecule has 0 unspecified atom stereocenters. The normalized spacial score (nSPS) is 12.5. The van der Waals surface area contributed by atoms with Gasteiger partial charge in [0, 0.05) is 27.2 Å². The van der Waals surface area contributed by atoms with Crippen LogP contribution in [0.25, 0.3) is 0 Å². The van der Waals surface area contributed by atoms with Crippen molar-refractivity contribution in [1.82, 2.24) is 10.2 Å². The van der Waals surface area contributed by atoms with E-state index in [0.717, 1.165) is 4.31 Å². The molecule has 0 heterocycles. The highest BCUT2D eigenvalue weighted by Crippen LogP contribution is 2.29. The molecule has 3 aromatic rings. The summed E-state index contributed by atoms with van der Waals surface area (Å²) in [6.45, 7) is 8.24. The zero-order chi connectivity index (χ0) is 29.8. The number of nitrogens with zero attached hydrogens (tertiary/aromatic N) is 2. The Bertz CT molecular complexity index is 1490. The van der Waals surface area contributed by atoms with Gasteiger partial charge in [0.2, 0.25) is 11.8 Å². The molecule has 0 radical (unpaired) electrons. The molecule has 214 valence electrons. The first-order chi connectivity index (χ1) is 18.6. The Labute approximate surface area is 251 Å². The Balaban J connectivity index is 2.07. The number of para-hydroxylation sites is 1. The Kier molecular flexibility index (Phi) is 10.2. The lowest BCUT2D eigenvalue weighted by molar-refractivity contribution is -0.140. The number of hydrogen-bond acceptors (Lipinski definition) is 4. The fraction of sp³-hybridized carbons (Fsp3) is 0.310. The second-order valence-electron chi connectivity index (χ2n) is 10.4. The van der Waals surface area contributed by atoms with E-state index in [4.69, 9.17) is 34.8 Å². The molecule has 0 saturated heterocycles. The van der Waals surface area contributed by atoms with Crippen molar-refractivity contribution in [3.8, 4) is 0 Å². The number of nitrogens with one attached hydrogen (secondary N) is 1. The number of carbonyl (C=O) groups is 2. The van der Waals surface area contributed by atoms with Gasteiger partial charge in [0.25, 0.3) is 10.0 Å². The van der Waals surface area contributed by atoms with E-state index in [-0.39, 0.29) is 11.4 Å². The van der Waals surface area contributed by atoms with Crippen molar-refractivity contribution in [2.45, 2.75) is 57.6 Å². The van der Waals surface area contributed by atoms with Crippen LogP contribution in [0.1, 0.15) is 38.8 Å². The van der Waals surface area contributed by atoms with E-state index >= 15 is 0 Å². The van der Waals surface area contributed by atoms with Gasteiger partial charge in [-0.15, -0.1) is 0 Å². The molecule has 3 rings (SSSR count). The van der Waals surface area contributed by atoms with Gasteiger partial charge in [-0.1, -0.05) is 59.1 Å². The van der Waals surface area contributed by atoms with Crippen molar-refractivity contribution in [1.29, 1.82) is 0 Å². The minimum atomic E-state index is -4.20. The Morgan fingerprint density at radius 2 is 1.52 bits per heavy atom. The molecular weight excluding hydrogens is 593 g/mol. The van der Waals surface area contributed by atoms with Crippen LogP contribution in [0.3, 0.4) is 0 Å². The van der Waals surface area contributed by atoms with Gasteiger partial charge >= 0.3 is 0 Å². The molecule has 0 aromatic heterocycles. The summed E-state index contributed by atoms with van der Waals surface area (Å²) in [5.41, 5.74) is 0.988. The van der Waals surface area contributed by atoms with Crippen LogP contribution in [0.2, 0.25) is 15.1 Å². The fourth-order valence-electron chi connectivity index (χ4n) is 3.98. The molecule has 2 amide bonds. The number of carbonyl (C=O) groups excluding carboxylic acids is 2. The number of hydrogen-bond donors (Lipinski definition) is 1. The van der Waals surface area contributed by atoms with Crippen LogP contribution < -0.4 is 9.62 Å². The summed E-state index contributed by atoms with van der Waals surface area (Å²) in [7, 11) is -4.20. The number of anilines is 1. The maximum Gasteiger partial charge on any atom is 0.264 e. The van der Waals surface area contributed by atoms with E-state index < -0.39 is 40.0 Å². The number of halogens is 3. The van der Waals surface area contributed by atoms with Gasteiger partial charge in [0.05, 0.1) is 10.6 Å². The highest BCUT2D eigenvalue weighted by molar-refractivity contribution is 7.92. The third-order valence-corrected chi connectivity index (χ3v) is 8.70. The number of amides is 2. The highest BCUT2D eigenvalue weighted by atomic mass is 35.5. The molecule has 1 atom stereocenters. The van der Waals surface area contributed by atoms with E-state index in [9.17, 15) is 18.0 Å². The zero-order valence-electron chi connectivity index (χ0n) is 22.9.